The zero-order chi connectivity index (χ0) is 14.5. The molecule has 1 aromatic heterocycles. The summed E-state index contributed by atoms with van der Waals surface area (Å²) in [4.78, 5) is 7.02. The van der Waals surface area contributed by atoms with E-state index in [2.05, 4.69) is 36.0 Å². The van der Waals surface area contributed by atoms with Crippen molar-refractivity contribution in [1.82, 2.24) is 9.88 Å². The highest BCUT2D eigenvalue weighted by atomic mass is 35.5. The van der Waals surface area contributed by atoms with E-state index in [-0.39, 0.29) is 6.10 Å². The van der Waals surface area contributed by atoms with Gasteiger partial charge < -0.3 is 10.1 Å². The fourth-order valence-electron chi connectivity index (χ4n) is 2.33. The lowest BCUT2D eigenvalue weighted by Crippen LogP contribution is -2.46. The van der Waals surface area contributed by atoms with Gasteiger partial charge in [-0.3, -0.25) is 4.90 Å². The number of hydrogen-bond acceptors (Lipinski definition) is 4. The zero-order valence-corrected chi connectivity index (χ0v) is 13.3. The van der Waals surface area contributed by atoms with Gasteiger partial charge in [-0.25, -0.2) is 4.98 Å². The van der Waals surface area contributed by atoms with Crippen molar-refractivity contribution in [3.63, 3.8) is 0 Å². The number of pyridine rings is 1. The molecule has 2 unspecified atom stereocenters. The number of aromatic nitrogens is 1. The van der Waals surface area contributed by atoms with Crippen molar-refractivity contribution in [3.8, 4) is 0 Å². The van der Waals surface area contributed by atoms with Gasteiger partial charge in [0.2, 0.25) is 0 Å². The maximum Gasteiger partial charge on any atom is 0.126 e. The van der Waals surface area contributed by atoms with Gasteiger partial charge in [0.05, 0.1) is 23.4 Å². The van der Waals surface area contributed by atoms with Crippen molar-refractivity contribution in [2.24, 2.45) is 0 Å². The molecule has 1 N–H and O–H groups in total. The van der Waals surface area contributed by atoms with Crippen LogP contribution in [0.1, 0.15) is 32.9 Å². The van der Waals surface area contributed by atoms with E-state index < -0.39 is 0 Å². The first-order valence-corrected chi connectivity index (χ1v) is 7.73. The normalized spacial score (nSPS) is 23.8. The van der Waals surface area contributed by atoms with Crippen LogP contribution in [0.4, 0.5) is 5.82 Å². The van der Waals surface area contributed by atoms with Crippen molar-refractivity contribution in [2.75, 3.05) is 25.0 Å². The Morgan fingerprint density at radius 3 is 3.00 bits per heavy atom. The summed E-state index contributed by atoms with van der Waals surface area (Å²) in [5, 5.41) is 4.04. The first-order chi connectivity index (χ1) is 9.60. The molecule has 112 valence electrons. The summed E-state index contributed by atoms with van der Waals surface area (Å²) in [5.74, 6) is 0.903. The van der Waals surface area contributed by atoms with Gasteiger partial charge in [0.1, 0.15) is 5.82 Å². The third-order valence-electron chi connectivity index (χ3n) is 3.56. The minimum atomic E-state index is 0.270. The van der Waals surface area contributed by atoms with Crippen LogP contribution in [0.25, 0.3) is 0 Å². The molecule has 0 spiro atoms. The molecule has 0 aliphatic carbocycles. The van der Waals surface area contributed by atoms with Crippen molar-refractivity contribution in [2.45, 2.75) is 45.9 Å². The number of morpholine rings is 1. The molecule has 2 rings (SSSR count). The molecule has 0 radical (unpaired) electrons. The van der Waals surface area contributed by atoms with Gasteiger partial charge in [-0.2, -0.15) is 0 Å². The standard InChI is InChI=1S/C15H24ClN3O/c1-4-7-17-15-6-5-13(16)14(18-15)9-19-8-12(3)20-10-11(19)2/h5-6,11-12H,4,7-10H2,1-3H3,(H,17,18). The van der Waals surface area contributed by atoms with Crippen LogP contribution < -0.4 is 5.32 Å². The summed E-state index contributed by atoms with van der Waals surface area (Å²) < 4.78 is 5.66. The monoisotopic (exact) mass is 297 g/mol. The first kappa shape index (κ1) is 15.5. The van der Waals surface area contributed by atoms with Gasteiger partial charge in [-0.15, -0.1) is 0 Å². The second-order valence-electron chi connectivity index (χ2n) is 5.47. The third-order valence-corrected chi connectivity index (χ3v) is 3.91. The predicted octanol–water partition coefficient (Wildman–Crippen LogP) is 3.17. The molecule has 20 heavy (non-hydrogen) atoms. The average molecular weight is 298 g/mol. The van der Waals surface area contributed by atoms with Gasteiger partial charge in [0.25, 0.3) is 0 Å². The Morgan fingerprint density at radius 2 is 2.25 bits per heavy atom. The first-order valence-electron chi connectivity index (χ1n) is 7.35. The summed E-state index contributed by atoms with van der Waals surface area (Å²) in [6.45, 7) is 9.82. The Balaban J connectivity index is 2.07. The molecule has 1 saturated heterocycles. The second kappa shape index (κ2) is 7.25. The molecule has 2 atom stereocenters. The number of nitrogens with zero attached hydrogens (tertiary/aromatic N) is 2. The van der Waals surface area contributed by atoms with Crippen LogP contribution in [0.3, 0.4) is 0 Å². The Morgan fingerprint density at radius 1 is 1.45 bits per heavy atom. The highest BCUT2D eigenvalue weighted by Crippen LogP contribution is 2.21. The van der Waals surface area contributed by atoms with Crippen LogP contribution in [0.5, 0.6) is 0 Å². The molecule has 0 aromatic carbocycles. The SMILES string of the molecule is CCCNc1ccc(Cl)c(CN2CC(C)OCC2C)n1. The highest BCUT2D eigenvalue weighted by Gasteiger charge is 2.24. The minimum absolute atomic E-state index is 0.270. The van der Waals surface area contributed by atoms with Gasteiger partial charge in [-0.05, 0) is 32.4 Å². The maximum absolute atomic E-state index is 6.29. The van der Waals surface area contributed by atoms with Crippen LogP contribution in [0.15, 0.2) is 12.1 Å². The second-order valence-corrected chi connectivity index (χ2v) is 5.88. The quantitative estimate of drug-likeness (QED) is 0.906. The van der Waals surface area contributed by atoms with Crippen LogP contribution in [-0.2, 0) is 11.3 Å². The van der Waals surface area contributed by atoms with Crippen molar-refractivity contribution in [3.05, 3.63) is 22.8 Å². The Hall–Kier alpha value is -0.840. The molecule has 1 aliphatic heterocycles. The number of rotatable bonds is 5. The van der Waals surface area contributed by atoms with Gasteiger partial charge >= 0.3 is 0 Å². The number of hydrogen-bond donors (Lipinski definition) is 1. The summed E-state index contributed by atoms with van der Waals surface area (Å²) >= 11 is 6.29. The van der Waals surface area contributed by atoms with E-state index in [4.69, 9.17) is 16.3 Å². The topological polar surface area (TPSA) is 37.4 Å². The predicted molar refractivity (Wildman–Crippen MR) is 83.3 cm³/mol. The van der Waals surface area contributed by atoms with Crippen LogP contribution in [-0.4, -0.2) is 41.7 Å². The number of anilines is 1. The molecular formula is C15H24ClN3O. The minimum Gasteiger partial charge on any atom is -0.376 e. The van der Waals surface area contributed by atoms with E-state index in [9.17, 15) is 0 Å². The average Bonchev–Trinajstić information content (AvgIpc) is 2.43. The molecule has 2 heterocycles. The summed E-state index contributed by atoms with van der Waals surface area (Å²) in [6.07, 6.45) is 1.35. The number of ether oxygens (including phenoxy) is 1. The fourth-order valence-corrected chi connectivity index (χ4v) is 2.50. The van der Waals surface area contributed by atoms with Gasteiger partial charge in [0.15, 0.2) is 0 Å². The van der Waals surface area contributed by atoms with E-state index in [0.717, 1.165) is 49.2 Å². The van der Waals surface area contributed by atoms with E-state index >= 15 is 0 Å². The van der Waals surface area contributed by atoms with Crippen LogP contribution in [0, 0.1) is 0 Å². The number of halogens is 1. The van der Waals surface area contributed by atoms with E-state index in [1.807, 2.05) is 12.1 Å². The third kappa shape index (κ3) is 4.08. The lowest BCUT2D eigenvalue weighted by atomic mass is 10.2. The highest BCUT2D eigenvalue weighted by molar-refractivity contribution is 6.31. The number of nitrogens with one attached hydrogen (secondary N) is 1. The van der Waals surface area contributed by atoms with E-state index in [0.29, 0.717) is 6.04 Å². The Labute approximate surface area is 126 Å². The summed E-state index contributed by atoms with van der Waals surface area (Å²) in [5.41, 5.74) is 0.939. The van der Waals surface area contributed by atoms with Crippen molar-refractivity contribution < 1.29 is 4.74 Å². The Bertz CT molecular complexity index is 441. The molecule has 0 amide bonds. The van der Waals surface area contributed by atoms with Crippen LogP contribution >= 0.6 is 11.6 Å². The maximum atomic E-state index is 6.29. The summed E-state index contributed by atoms with van der Waals surface area (Å²) in [6, 6.07) is 4.26. The molecule has 1 fully saturated rings. The van der Waals surface area contributed by atoms with Gasteiger partial charge in [0, 0.05) is 25.7 Å². The van der Waals surface area contributed by atoms with Crippen LogP contribution in [0.2, 0.25) is 5.02 Å². The Kier molecular flexibility index (Phi) is 5.64. The van der Waals surface area contributed by atoms with E-state index in [1.54, 1.807) is 0 Å². The smallest absolute Gasteiger partial charge is 0.126 e. The van der Waals surface area contributed by atoms with E-state index in [1.165, 1.54) is 0 Å². The lowest BCUT2D eigenvalue weighted by molar-refractivity contribution is -0.0530. The molecule has 0 bridgehead atoms. The van der Waals surface area contributed by atoms with Crippen molar-refractivity contribution >= 4 is 17.4 Å². The van der Waals surface area contributed by atoms with Gasteiger partial charge in [-0.1, -0.05) is 18.5 Å². The largest absolute Gasteiger partial charge is 0.376 e. The fraction of sp³-hybridized carbons (Fsp3) is 0.667. The zero-order valence-electron chi connectivity index (χ0n) is 12.5. The molecule has 5 heteroatoms. The molecule has 1 aliphatic rings. The molecule has 0 saturated carbocycles. The lowest BCUT2D eigenvalue weighted by Gasteiger charge is -2.36. The van der Waals surface area contributed by atoms with Crippen molar-refractivity contribution in [1.29, 1.82) is 0 Å². The molecule has 1 aromatic rings. The summed E-state index contributed by atoms with van der Waals surface area (Å²) in [7, 11) is 0. The molecule has 4 nitrogen and oxygen atoms in total. The molecular weight excluding hydrogens is 274 g/mol.